The monoisotopic (exact) mass is 220 g/mol. The Kier molecular flexibility index (Phi) is 1.80. The van der Waals surface area contributed by atoms with Crippen LogP contribution in [0.5, 0.6) is 0 Å². The summed E-state index contributed by atoms with van der Waals surface area (Å²) in [4.78, 5) is 0. The maximum Gasteiger partial charge on any atom is 0.0101 e. The fraction of sp³-hybridized carbons (Fsp3) is 0.294. The second kappa shape index (κ2) is 3.22. The van der Waals surface area contributed by atoms with Gasteiger partial charge in [-0.05, 0) is 40.7 Å². The minimum Gasteiger partial charge on any atom is -0.0620 e. The summed E-state index contributed by atoms with van der Waals surface area (Å²) < 4.78 is 0. The normalized spacial score (nSPS) is 24.3. The Bertz CT molecular complexity index is 595. The summed E-state index contributed by atoms with van der Waals surface area (Å²) in [7, 11) is 0. The van der Waals surface area contributed by atoms with Crippen molar-refractivity contribution >= 4 is 0 Å². The van der Waals surface area contributed by atoms with Crippen LogP contribution in [0.15, 0.2) is 42.5 Å². The molecule has 0 spiro atoms. The molecule has 2 aromatic rings. The van der Waals surface area contributed by atoms with Crippen LogP contribution < -0.4 is 0 Å². The van der Waals surface area contributed by atoms with Gasteiger partial charge in [0.1, 0.15) is 0 Å². The molecular formula is C17H16. The molecule has 0 saturated carbocycles. The third kappa shape index (κ3) is 1.13. The molecule has 0 heterocycles. The highest BCUT2D eigenvalue weighted by Gasteiger charge is 2.34. The minimum atomic E-state index is 0.565. The lowest BCUT2D eigenvalue weighted by atomic mass is 9.74. The van der Waals surface area contributed by atoms with Crippen LogP contribution in [0.4, 0.5) is 0 Å². The number of hydrogen-bond donors (Lipinski definition) is 0. The number of hydrogen-bond acceptors (Lipinski definition) is 0. The molecule has 4 rings (SSSR count). The molecule has 2 unspecified atom stereocenters. The molecule has 17 heavy (non-hydrogen) atoms. The molecule has 2 atom stereocenters. The second-order valence-electron chi connectivity index (χ2n) is 5.36. The van der Waals surface area contributed by atoms with Gasteiger partial charge in [-0.3, -0.25) is 0 Å². The molecule has 0 aliphatic heterocycles. The Balaban J connectivity index is 2.05. The fourth-order valence-electron chi connectivity index (χ4n) is 3.80. The van der Waals surface area contributed by atoms with E-state index >= 15 is 0 Å². The van der Waals surface area contributed by atoms with E-state index in [1.54, 1.807) is 27.8 Å². The van der Waals surface area contributed by atoms with Crippen LogP contribution in [-0.2, 0) is 6.42 Å². The summed E-state index contributed by atoms with van der Waals surface area (Å²) in [5, 5.41) is 0. The molecule has 0 N–H and O–H groups in total. The van der Waals surface area contributed by atoms with Crippen molar-refractivity contribution in [3.63, 3.8) is 0 Å². The summed E-state index contributed by atoms with van der Waals surface area (Å²) in [6.45, 7) is 2.35. The van der Waals surface area contributed by atoms with Crippen molar-refractivity contribution in [2.75, 3.05) is 0 Å². The zero-order chi connectivity index (χ0) is 11.4. The Morgan fingerprint density at radius 3 is 2.53 bits per heavy atom. The highest BCUT2D eigenvalue weighted by atomic mass is 14.4. The molecule has 0 amide bonds. The van der Waals surface area contributed by atoms with E-state index in [9.17, 15) is 0 Å². The maximum atomic E-state index is 2.35. The van der Waals surface area contributed by atoms with Crippen molar-refractivity contribution < 1.29 is 0 Å². The molecule has 0 fully saturated rings. The van der Waals surface area contributed by atoms with Crippen molar-refractivity contribution in [2.24, 2.45) is 0 Å². The molecule has 2 aliphatic carbocycles. The molecule has 0 heteroatoms. The van der Waals surface area contributed by atoms with Gasteiger partial charge in [-0.25, -0.2) is 0 Å². The van der Waals surface area contributed by atoms with Gasteiger partial charge in [0, 0.05) is 11.8 Å². The largest absolute Gasteiger partial charge is 0.0620 e. The van der Waals surface area contributed by atoms with Crippen LogP contribution in [-0.4, -0.2) is 0 Å². The van der Waals surface area contributed by atoms with Crippen molar-refractivity contribution in [3.05, 3.63) is 70.3 Å². The molecule has 2 aromatic carbocycles. The quantitative estimate of drug-likeness (QED) is 0.623. The van der Waals surface area contributed by atoms with E-state index in [1.807, 2.05) is 0 Å². The second-order valence-corrected chi connectivity index (χ2v) is 5.36. The van der Waals surface area contributed by atoms with Crippen LogP contribution >= 0.6 is 0 Å². The average molecular weight is 220 g/mol. The van der Waals surface area contributed by atoms with E-state index in [0.29, 0.717) is 11.8 Å². The fourth-order valence-corrected chi connectivity index (χ4v) is 3.80. The van der Waals surface area contributed by atoms with Gasteiger partial charge in [0.15, 0.2) is 0 Å². The van der Waals surface area contributed by atoms with Gasteiger partial charge in [0.25, 0.3) is 0 Å². The molecule has 0 radical (unpaired) electrons. The summed E-state index contributed by atoms with van der Waals surface area (Å²) in [5.74, 6) is 1.24. The Labute approximate surface area is 102 Å². The lowest BCUT2D eigenvalue weighted by molar-refractivity contribution is 0.723. The Hall–Kier alpha value is -1.56. The lowest BCUT2D eigenvalue weighted by Gasteiger charge is -2.30. The van der Waals surface area contributed by atoms with Crippen LogP contribution in [0.3, 0.4) is 0 Å². The van der Waals surface area contributed by atoms with Crippen molar-refractivity contribution in [1.82, 2.24) is 0 Å². The molecule has 84 valence electrons. The standard InChI is InChI=1S/C17H16/c1-11-13-6-2-3-7-15(13)16-10-9-12-5-4-8-14(11)17(12)16/h2-8,11,16H,9-10H2,1H3. The van der Waals surface area contributed by atoms with Gasteiger partial charge in [0.2, 0.25) is 0 Å². The lowest BCUT2D eigenvalue weighted by Crippen LogP contribution is -2.14. The summed E-state index contributed by atoms with van der Waals surface area (Å²) in [6.07, 6.45) is 2.56. The smallest absolute Gasteiger partial charge is 0.0101 e. The number of aryl methyl sites for hydroxylation is 1. The topological polar surface area (TPSA) is 0 Å². The number of benzene rings is 2. The molecule has 2 aliphatic rings. The first-order valence-electron chi connectivity index (χ1n) is 6.57. The predicted molar refractivity (Wildman–Crippen MR) is 70.6 cm³/mol. The van der Waals surface area contributed by atoms with E-state index in [1.165, 1.54) is 12.8 Å². The van der Waals surface area contributed by atoms with Gasteiger partial charge in [0.05, 0.1) is 0 Å². The van der Waals surface area contributed by atoms with Gasteiger partial charge in [-0.2, -0.15) is 0 Å². The summed E-state index contributed by atoms with van der Waals surface area (Å²) in [5.41, 5.74) is 7.94. The minimum absolute atomic E-state index is 0.565. The van der Waals surface area contributed by atoms with Crippen molar-refractivity contribution in [2.45, 2.75) is 31.6 Å². The zero-order valence-corrected chi connectivity index (χ0v) is 10.1. The van der Waals surface area contributed by atoms with Crippen LogP contribution in [0.2, 0.25) is 0 Å². The SMILES string of the molecule is CC1c2ccccc2C2CCc3cccc1c32. The number of rotatable bonds is 0. The molecule has 0 aromatic heterocycles. The molecule has 0 nitrogen and oxygen atoms in total. The Morgan fingerprint density at radius 1 is 0.882 bits per heavy atom. The van der Waals surface area contributed by atoms with Crippen LogP contribution in [0.25, 0.3) is 0 Å². The van der Waals surface area contributed by atoms with E-state index in [2.05, 4.69) is 49.4 Å². The van der Waals surface area contributed by atoms with Gasteiger partial charge in [-0.1, -0.05) is 49.4 Å². The third-order valence-corrected chi connectivity index (χ3v) is 4.59. The summed E-state index contributed by atoms with van der Waals surface area (Å²) >= 11 is 0. The first kappa shape index (κ1) is 9.47. The first-order valence-corrected chi connectivity index (χ1v) is 6.57. The average Bonchev–Trinajstić information content (AvgIpc) is 2.81. The molecule has 0 saturated heterocycles. The van der Waals surface area contributed by atoms with Crippen LogP contribution in [0.1, 0.15) is 53.0 Å². The molecule has 0 bridgehead atoms. The van der Waals surface area contributed by atoms with Gasteiger partial charge in [-0.15, -0.1) is 0 Å². The van der Waals surface area contributed by atoms with Crippen molar-refractivity contribution in [3.8, 4) is 0 Å². The van der Waals surface area contributed by atoms with E-state index in [-0.39, 0.29) is 0 Å². The molecular weight excluding hydrogens is 204 g/mol. The van der Waals surface area contributed by atoms with Crippen molar-refractivity contribution in [1.29, 1.82) is 0 Å². The third-order valence-electron chi connectivity index (χ3n) is 4.59. The van der Waals surface area contributed by atoms with Gasteiger partial charge >= 0.3 is 0 Å². The van der Waals surface area contributed by atoms with Gasteiger partial charge < -0.3 is 0 Å². The van der Waals surface area contributed by atoms with Crippen LogP contribution in [0, 0.1) is 0 Å². The van der Waals surface area contributed by atoms with E-state index in [4.69, 9.17) is 0 Å². The number of fused-ring (bicyclic) bond motifs is 2. The first-order chi connectivity index (χ1) is 8.36. The zero-order valence-electron chi connectivity index (χ0n) is 10.1. The Morgan fingerprint density at radius 2 is 1.65 bits per heavy atom. The van der Waals surface area contributed by atoms with E-state index in [0.717, 1.165) is 0 Å². The van der Waals surface area contributed by atoms with E-state index < -0.39 is 0 Å². The highest BCUT2D eigenvalue weighted by Crippen LogP contribution is 2.49. The highest BCUT2D eigenvalue weighted by molar-refractivity contribution is 5.57. The summed E-state index contributed by atoms with van der Waals surface area (Å²) in [6, 6.07) is 15.9. The maximum absolute atomic E-state index is 2.35. The predicted octanol–water partition coefficient (Wildman–Crippen LogP) is 4.23.